The Morgan fingerprint density at radius 1 is 0.947 bits per heavy atom. The fourth-order valence-electron chi connectivity index (χ4n) is 3.96. The number of carbonyl (C=O) groups excluding carboxylic acids is 2. The van der Waals surface area contributed by atoms with Crippen LogP contribution in [0.4, 0.5) is 5.69 Å². The quantitative estimate of drug-likeness (QED) is 0.357. The number of benzene rings is 3. The third-order valence-corrected chi connectivity index (χ3v) is 8.19. The predicted octanol–water partition coefficient (Wildman–Crippen LogP) is 5.10. The van der Waals surface area contributed by atoms with Gasteiger partial charge >= 0.3 is 0 Å². The van der Waals surface area contributed by atoms with E-state index in [1.165, 1.54) is 29.2 Å². The number of hydrogen-bond donors (Lipinski definition) is 1. The minimum Gasteiger partial charge on any atom is -0.354 e. The summed E-state index contributed by atoms with van der Waals surface area (Å²) < 4.78 is 28.6. The molecule has 3 aromatic rings. The molecule has 0 aliphatic rings. The molecule has 0 spiro atoms. The third-order valence-electron chi connectivity index (χ3n) is 6.15. The minimum atomic E-state index is -4.13. The van der Waals surface area contributed by atoms with Crippen LogP contribution in [0, 0.1) is 13.8 Å². The van der Waals surface area contributed by atoms with Gasteiger partial charge in [0, 0.05) is 18.1 Å². The van der Waals surface area contributed by atoms with Crippen molar-refractivity contribution in [3.63, 3.8) is 0 Å². The van der Waals surface area contributed by atoms with Crippen molar-refractivity contribution in [2.75, 3.05) is 17.4 Å². The SMILES string of the molecule is CCCNC(=O)C(C)N(Cc1cccc(C)c1)C(=O)CN(c1ccc(C)cc1)S(=O)(=O)c1ccc(Cl)cc1. The highest BCUT2D eigenvalue weighted by atomic mass is 35.5. The van der Waals surface area contributed by atoms with Crippen molar-refractivity contribution < 1.29 is 18.0 Å². The highest BCUT2D eigenvalue weighted by Crippen LogP contribution is 2.26. The van der Waals surface area contributed by atoms with Crippen LogP contribution >= 0.6 is 11.6 Å². The van der Waals surface area contributed by atoms with Crippen LogP contribution in [-0.4, -0.2) is 44.3 Å². The molecule has 3 rings (SSSR count). The molecule has 0 saturated heterocycles. The van der Waals surface area contributed by atoms with Gasteiger partial charge in [-0.15, -0.1) is 0 Å². The molecule has 0 bridgehead atoms. The summed E-state index contributed by atoms with van der Waals surface area (Å²) in [7, 11) is -4.13. The van der Waals surface area contributed by atoms with Crippen LogP contribution in [0.5, 0.6) is 0 Å². The zero-order valence-corrected chi connectivity index (χ0v) is 23.7. The topological polar surface area (TPSA) is 86.8 Å². The lowest BCUT2D eigenvalue weighted by atomic mass is 10.1. The van der Waals surface area contributed by atoms with Crippen molar-refractivity contribution in [2.45, 2.75) is 51.6 Å². The number of hydrogen-bond acceptors (Lipinski definition) is 4. The van der Waals surface area contributed by atoms with Gasteiger partial charge in [0.25, 0.3) is 10.0 Å². The van der Waals surface area contributed by atoms with E-state index in [1.807, 2.05) is 45.0 Å². The summed E-state index contributed by atoms with van der Waals surface area (Å²) in [6.07, 6.45) is 0.755. The highest BCUT2D eigenvalue weighted by molar-refractivity contribution is 7.92. The Hall–Kier alpha value is -3.36. The van der Waals surface area contributed by atoms with Gasteiger partial charge in [0.1, 0.15) is 12.6 Å². The van der Waals surface area contributed by atoms with Crippen LogP contribution in [0.2, 0.25) is 5.02 Å². The largest absolute Gasteiger partial charge is 0.354 e. The molecule has 0 saturated carbocycles. The van der Waals surface area contributed by atoms with E-state index in [1.54, 1.807) is 31.2 Å². The normalized spacial score (nSPS) is 12.0. The van der Waals surface area contributed by atoms with Gasteiger partial charge in [0.05, 0.1) is 10.6 Å². The Balaban J connectivity index is 2.01. The van der Waals surface area contributed by atoms with Gasteiger partial charge in [0.2, 0.25) is 11.8 Å². The number of aryl methyl sites for hydroxylation is 2. The molecule has 0 aromatic heterocycles. The molecular weight excluding hydrogens is 522 g/mol. The Morgan fingerprint density at radius 2 is 1.61 bits per heavy atom. The molecule has 1 atom stereocenters. The molecule has 1 N–H and O–H groups in total. The third kappa shape index (κ3) is 7.36. The fourth-order valence-corrected chi connectivity index (χ4v) is 5.50. The first-order chi connectivity index (χ1) is 18.0. The first-order valence-electron chi connectivity index (χ1n) is 12.5. The zero-order valence-electron chi connectivity index (χ0n) is 22.1. The van der Waals surface area contributed by atoms with Gasteiger partial charge in [-0.05, 0) is 69.2 Å². The Labute approximate surface area is 230 Å². The molecular formula is C29H34ClN3O4S. The summed E-state index contributed by atoms with van der Waals surface area (Å²) in [6.45, 7) is 7.60. The summed E-state index contributed by atoms with van der Waals surface area (Å²) in [6, 6.07) is 19.6. The molecule has 0 aliphatic heterocycles. The summed E-state index contributed by atoms with van der Waals surface area (Å²) in [5.74, 6) is -0.793. The minimum absolute atomic E-state index is 0.00856. The zero-order chi connectivity index (χ0) is 27.9. The van der Waals surface area contributed by atoms with E-state index in [-0.39, 0.29) is 17.3 Å². The smallest absolute Gasteiger partial charge is 0.264 e. The van der Waals surface area contributed by atoms with Crippen LogP contribution in [0.25, 0.3) is 0 Å². The molecule has 202 valence electrons. The second-order valence-electron chi connectivity index (χ2n) is 9.28. The van der Waals surface area contributed by atoms with Gasteiger partial charge < -0.3 is 10.2 Å². The van der Waals surface area contributed by atoms with Gasteiger partial charge in [-0.1, -0.05) is 66.0 Å². The van der Waals surface area contributed by atoms with Crippen LogP contribution in [-0.2, 0) is 26.2 Å². The van der Waals surface area contributed by atoms with Crippen LogP contribution in [0.3, 0.4) is 0 Å². The van der Waals surface area contributed by atoms with E-state index in [4.69, 9.17) is 11.6 Å². The molecule has 0 aliphatic carbocycles. The molecule has 1 unspecified atom stereocenters. The number of rotatable bonds is 11. The second kappa shape index (κ2) is 12.9. The molecule has 38 heavy (non-hydrogen) atoms. The van der Waals surface area contributed by atoms with Crippen molar-refractivity contribution in [1.29, 1.82) is 0 Å². The molecule has 2 amide bonds. The van der Waals surface area contributed by atoms with Gasteiger partial charge in [-0.3, -0.25) is 13.9 Å². The summed E-state index contributed by atoms with van der Waals surface area (Å²) in [5, 5.41) is 3.24. The standard InChI is InChI=1S/C29H34ClN3O4S/c1-5-17-31-29(35)23(4)32(19-24-8-6-7-22(3)18-24)28(34)20-33(26-13-9-21(2)10-14-26)38(36,37)27-15-11-25(30)12-16-27/h6-16,18,23H,5,17,19-20H2,1-4H3,(H,31,35). The van der Waals surface area contributed by atoms with E-state index >= 15 is 0 Å². The average Bonchev–Trinajstić information content (AvgIpc) is 2.89. The summed E-state index contributed by atoms with van der Waals surface area (Å²) >= 11 is 5.98. The number of halogens is 1. The highest BCUT2D eigenvalue weighted by Gasteiger charge is 2.32. The predicted molar refractivity (Wildman–Crippen MR) is 152 cm³/mol. The summed E-state index contributed by atoms with van der Waals surface area (Å²) in [5.41, 5.74) is 3.16. The molecule has 0 fully saturated rings. The Bertz CT molecular complexity index is 1360. The lowest BCUT2D eigenvalue weighted by Gasteiger charge is -2.32. The van der Waals surface area contributed by atoms with Crippen molar-refractivity contribution in [2.24, 2.45) is 0 Å². The molecule has 7 nitrogen and oxygen atoms in total. The Kier molecular flexibility index (Phi) is 9.94. The number of carbonyl (C=O) groups is 2. The van der Waals surface area contributed by atoms with E-state index in [2.05, 4.69) is 5.32 Å². The maximum Gasteiger partial charge on any atom is 0.264 e. The molecule has 9 heteroatoms. The monoisotopic (exact) mass is 555 g/mol. The first-order valence-corrected chi connectivity index (χ1v) is 14.3. The molecule has 0 radical (unpaired) electrons. The van der Waals surface area contributed by atoms with Gasteiger partial charge in [0.15, 0.2) is 0 Å². The second-order valence-corrected chi connectivity index (χ2v) is 11.6. The van der Waals surface area contributed by atoms with Crippen molar-refractivity contribution in [3.05, 3.63) is 94.5 Å². The lowest BCUT2D eigenvalue weighted by molar-refractivity contribution is -0.139. The van der Waals surface area contributed by atoms with Crippen LogP contribution in [0.1, 0.15) is 37.0 Å². The number of amides is 2. The van der Waals surface area contributed by atoms with E-state index in [0.29, 0.717) is 17.3 Å². The number of anilines is 1. The van der Waals surface area contributed by atoms with Crippen molar-refractivity contribution in [3.8, 4) is 0 Å². The average molecular weight is 556 g/mol. The van der Waals surface area contributed by atoms with E-state index < -0.39 is 28.5 Å². The maximum absolute atomic E-state index is 13.9. The first kappa shape index (κ1) is 29.2. The molecule has 0 heterocycles. The van der Waals surface area contributed by atoms with E-state index in [0.717, 1.165) is 27.4 Å². The number of nitrogens with zero attached hydrogens (tertiary/aromatic N) is 2. The van der Waals surface area contributed by atoms with Gasteiger partial charge in [-0.25, -0.2) is 8.42 Å². The van der Waals surface area contributed by atoms with Crippen LogP contribution in [0.15, 0.2) is 77.7 Å². The number of sulfonamides is 1. The fraction of sp³-hybridized carbons (Fsp3) is 0.310. The maximum atomic E-state index is 13.9. The van der Waals surface area contributed by atoms with Crippen LogP contribution < -0.4 is 9.62 Å². The van der Waals surface area contributed by atoms with E-state index in [9.17, 15) is 18.0 Å². The Morgan fingerprint density at radius 3 is 2.21 bits per heavy atom. The molecule has 3 aromatic carbocycles. The van der Waals surface area contributed by atoms with Crippen molar-refractivity contribution >= 4 is 39.1 Å². The lowest BCUT2D eigenvalue weighted by Crippen LogP contribution is -2.51. The van der Waals surface area contributed by atoms with Gasteiger partial charge in [-0.2, -0.15) is 0 Å². The number of nitrogens with one attached hydrogen (secondary N) is 1. The summed E-state index contributed by atoms with van der Waals surface area (Å²) in [4.78, 5) is 28.2. The van der Waals surface area contributed by atoms with Crippen molar-refractivity contribution in [1.82, 2.24) is 10.2 Å².